The number of carbonyl (C=O) groups excluding carboxylic acids is 1. The summed E-state index contributed by atoms with van der Waals surface area (Å²) in [5.41, 5.74) is 0.566. The van der Waals surface area contributed by atoms with E-state index in [1.807, 2.05) is 0 Å². The molecule has 0 saturated heterocycles. The zero-order chi connectivity index (χ0) is 14.7. The van der Waals surface area contributed by atoms with Crippen molar-refractivity contribution in [1.29, 1.82) is 0 Å². The van der Waals surface area contributed by atoms with Gasteiger partial charge in [0.2, 0.25) is 0 Å². The first-order chi connectivity index (χ1) is 9.50. The highest BCUT2D eigenvalue weighted by Gasteiger charge is 2.32. The van der Waals surface area contributed by atoms with Crippen molar-refractivity contribution in [2.45, 2.75) is 12.5 Å². The van der Waals surface area contributed by atoms with Gasteiger partial charge in [-0.15, -0.1) is 0 Å². The van der Waals surface area contributed by atoms with Gasteiger partial charge in [-0.1, -0.05) is 52.3 Å². The molecule has 4 nitrogen and oxygen atoms in total. The van der Waals surface area contributed by atoms with Gasteiger partial charge in [0.05, 0.1) is 5.92 Å². The molecule has 104 valence electrons. The molecule has 0 amide bonds. The Balaban J connectivity index is 2.31. The van der Waals surface area contributed by atoms with E-state index in [0.717, 1.165) is 0 Å². The zero-order valence-corrected chi connectivity index (χ0v) is 12.1. The fourth-order valence-corrected chi connectivity index (χ4v) is 2.52. The lowest BCUT2D eigenvalue weighted by molar-refractivity contribution is -0.141. The smallest absolute Gasteiger partial charge is 0.311 e. The van der Waals surface area contributed by atoms with E-state index in [1.165, 1.54) is 6.08 Å². The number of hydrogen-bond acceptors (Lipinski definition) is 3. The molecule has 1 aromatic rings. The highest BCUT2D eigenvalue weighted by Crippen LogP contribution is 2.31. The molecule has 0 bridgehead atoms. The second kappa shape index (κ2) is 6.15. The van der Waals surface area contributed by atoms with Gasteiger partial charge in [-0.25, -0.2) is 0 Å². The molecule has 1 aliphatic rings. The van der Waals surface area contributed by atoms with Crippen LogP contribution in [0, 0.1) is 5.92 Å². The number of Topliss-reactive ketones (excluding diaryl/α,β-unsaturated/α-hetero) is 1. The van der Waals surface area contributed by atoms with Crippen LogP contribution < -0.4 is 0 Å². The van der Waals surface area contributed by atoms with Crippen LogP contribution in [0.1, 0.15) is 18.1 Å². The Bertz CT molecular complexity index is 589. The number of allylic oxidation sites excluding steroid dienone is 3. The first-order valence-corrected chi connectivity index (χ1v) is 6.87. The van der Waals surface area contributed by atoms with Crippen LogP contribution >= 0.6 is 15.9 Å². The largest absolute Gasteiger partial charge is 0.481 e. The normalized spacial score (nSPS) is 19.8. The maximum absolute atomic E-state index is 12.3. The van der Waals surface area contributed by atoms with Crippen LogP contribution in [0.5, 0.6) is 0 Å². The number of ketones is 1. The number of carboxylic acid groups (broad SMARTS) is 1. The van der Waals surface area contributed by atoms with Crippen molar-refractivity contribution in [1.82, 2.24) is 0 Å². The summed E-state index contributed by atoms with van der Waals surface area (Å²) >= 11 is 3.24. The molecule has 0 radical (unpaired) electrons. The van der Waals surface area contributed by atoms with Gasteiger partial charge in [0.15, 0.2) is 5.78 Å². The predicted molar refractivity (Wildman–Crippen MR) is 77.2 cm³/mol. The Morgan fingerprint density at radius 3 is 2.50 bits per heavy atom. The predicted octanol–water partition coefficient (Wildman–Crippen LogP) is 2.60. The maximum Gasteiger partial charge on any atom is 0.311 e. The van der Waals surface area contributed by atoms with Crippen molar-refractivity contribution in [3.63, 3.8) is 0 Å². The molecule has 0 spiro atoms. The zero-order valence-electron chi connectivity index (χ0n) is 10.5. The first kappa shape index (κ1) is 14.7. The van der Waals surface area contributed by atoms with Gasteiger partial charge in [0.1, 0.15) is 6.10 Å². The highest BCUT2D eigenvalue weighted by atomic mass is 79.9. The molecule has 2 atom stereocenters. The molecule has 5 heteroatoms. The van der Waals surface area contributed by atoms with Crippen LogP contribution in [0.15, 0.2) is 52.5 Å². The summed E-state index contributed by atoms with van der Waals surface area (Å²) < 4.78 is 0.651. The molecule has 0 heterocycles. The first-order valence-electron chi connectivity index (χ1n) is 6.08. The van der Waals surface area contributed by atoms with E-state index < -0.39 is 23.8 Å². The number of benzene rings is 1. The molecular formula is C15H13BrO4. The van der Waals surface area contributed by atoms with E-state index in [1.54, 1.807) is 36.4 Å². The highest BCUT2D eigenvalue weighted by molar-refractivity contribution is 9.11. The summed E-state index contributed by atoms with van der Waals surface area (Å²) in [4.78, 5) is 23.5. The topological polar surface area (TPSA) is 74.6 Å². The molecule has 20 heavy (non-hydrogen) atoms. The lowest BCUT2D eigenvalue weighted by Gasteiger charge is -2.20. The van der Waals surface area contributed by atoms with Crippen molar-refractivity contribution in [3.8, 4) is 0 Å². The summed E-state index contributed by atoms with van der Waals surface area (Å²) in [6.45, 7) is 0. The molecule has 2 N–H and O–H groups in total. The molecule has 2 unspecified atom stereocenters. The standard InChI is InChI=1S/C15H13BrO4/c16-10-6-7-11(15(19)20)12(8-10)14(18)13(17)9-4-2-1-3-5-9/h1-6,8,11,13,17H,7H2,(H,19,20). The lowest BCUT2D eigenvalue weighted by Crippen LogP contribution is -2.26. The van der Waals surface area contributed by atoms with Gasteiger partial charge in [-0.2, -0.15) is 0 Å². The SMILES string of the molecule is O=C(O)C1CC=C(Br)C=C1C(=O)C(O)c1ccccc1. The van der Waals surface area contributed by atoms with Crippen LogP contribution in [0.25, 0.3) is 0 Å². The maximum atomic E-state index is 12.3. The number of carbonyl (C=O) groups is 2. The molecule has 0 aliphatic heterocycles. The van der Waals surface area contributed by atoms with Gasteiger partial charge in [0, 0.05) is 10.1 Å². The molecule has 2 rings (SSSR count). The van der Waals surface area contributed by atoms with Gasteiger partial charge in [0.25, 0.3) is 0 Å². The molecule has 1 aliphatic carbocycles. The number of carboxylic acids is 1. The van der Waals surface area contributed by atoms with Crippen molar-refractivity contribution >= 4 is 27.7 Å². The van der Waals surface area contributed by atoms with Crippen molar-refractivity contribution in [2.75, 3.05) is 0 Å². The number of aliphatic carboxylic acids is 1. The third-order valence-electron chi connectivity index (χ3n) is 3.16. The van der Waals surface area contributed by atoms with E-state index in [-0.39, 0.29) is 12.0 Å². The summed E-state index contributed by atoms with van der Waals surface area (Å²) in [6, 6.07) is 8.47. The molecule has 0 saturated carbocycles. The number of aliphatic hydroxyl groups excluding tert-OH is 1. The average Bonchev–Trinajstić information content (AvgIpc) is 2.46. The Labute approximate surface area is 124 Å². The minimum Gasteiger partial charge on any atom is -0.481 e. The second-order valence-electron chi connectivity index (χ2n) is 4.49. The molecule has 0 aromatic heterocycles. The monoisotopic (exact) mass is 336 g/mol. The Morgan fingerprint density at radius 1 is 1.25 bits per heavy atom. The van der Waals surface area contributed by atoms with Crippen LogP contribution in [0.3, 0.4) is 0 Å². The Morgan fingerprint density at radius 2 is 1.90 bits per heavy atom. The van der Waals surface area contributed by atoms with Gasteiger partial charge in [-0.05, 0) is 18.1 Å². The molecule has 0 fully saturated rings. The number of halogens is 1. The van der Waals surface area contributed by atoms with E-state index in [0.29, 0.717) is 10.0 Å². The third-order valence-corrected chi connectivity index (χ3v) is 3.72. The number of aliphatic hydroxyl groups is 1. The van der Waals surface area contributed by atoms with Gasteiger partial charge >= 0.3 is 5.97 Å². The summed E-state index contributed by atoms with van der Waals surface area (Å²) in [5.74, 6) is -2.56. The van der Waals surface area contributed by atoms with Crippen LogP contribution in [-0.4, -0.2) is 22.0 Å². The lowest BCUT2D eigenvalue weighted by atomic mass is 9.85. The third kappa shape index (κ3) is 3.05. The number of rotatable bonds is 4. The van der Waals surface area contributed by atoms with Crippen LogP contribution in [-0.2, 0) is 9.59 Å². The minimum atomic E-state index is -1.34. The van der Waals surface area contributed by atoms with Crippen molar-refractivity contribution < 1.29 is 19.8 Å². The van der Waals surface area contributed by atoms with Crippen molar-refractivity contribution in [2.24, 2.45) is 5.92 Å². The second-order valence-corrected chi connectivity index (χ2v) is 5.41. The van der Waals surface area contributed by atoms with Gasteiger partial charge < -0.3 is 10.2 Å². The van der Waals surface area contributed by atoms with Gasteiger partial charge in [-0.3, -0.25) is 9.59 Å². The van der Waals surface area contributed by atoms with E-state index in [4.69, 9.17) is 0 Å². The summed E-state index contributed by atoms with van der Waals surface area (Å²) in [7, 11) is 0. The van der Waals surface area contributed by atoms with E-state index in [2.05, 4.69) is 15.9 Å². The van der Waals surface area contributed by atoms with Crippen LogP contribution in [0.2, 0.25) is 0 Å². The molecular weight excluding hydrogens is 324 g/mol. The average molecular weight is 337 g/mol. The molecule has 1 aromatic carbocycles. The fourth-order valence-electron chi connectivity index (χ4n) is 2.09. The van der Waals surface area contributed by atoms with Crippen LogP contribution in [0.4, 0.5) is 0 Å². The quantitative estimate of drug-likeness (QED) is 0.886. The minimum absolute atomic E-state index is 0.114. The van der Waals surface area contributed by atoms with Crippen molar-refractivity contribution in [3.05, 3.63) is 58.1 Å². The Hall–Kier alpha value is -1.72. The van der Waals surface area contributed by atoms with E-state index >= 15 is 0 Å². The van der Waals surface area contributed by atoms with E-state index in [9.17, 15) is 19.8 Å². The summed E-state index contributed by atoms with van der Waals surface area (Å²) in [6.07, 6.45) is 2.05. The summed E-state index contributed by atoms with van der Waals surface area (Å²) in [5, 5.41) is 19.3. The Kier molecular flexibility index (Phi) is 4.52. The fraction of sp³-hybridized carbons (Fsp3) is 0.200. The number of hydrogen-bond donors (Lipinski definition) is 2.